The average Bonchev–Trinajstić information content (AvgIpc) is 3.31. The van der Waals surface area contributed by atoms with Crippen LogP contribution in [0.3, 0.4) is 0 Å². The van der Waals surface area contributed by atoms with Crippen LogP contribution in [0.2, 0.25) is 0 Å². The van der Waals surface area contributed by atoms with Gasteiger partial charge in [0.25, 0.3) is 0 Å². The van der Waals surface area contributed by atoms with E-state index in [-0.39, 0.29) is 29.0 Å². The van der Waals surface area contributed by atoms with E-state index in [9.17, 15) is 18.0 Å². The molecular formula is C29H34F4N6O2. The highest BCUT2D eigenvalue weighted by Crippen LogP contribution is 2.35. The maximum absolute atomic E-state index is 15.3. The van der Waals surface area contributed by atoms with Gasteiger partial charge in [0.15, 0.2) is 11.6 Å². The van der Waals surface area contributed by atoms with Crippen molar-refractivity contribution < 1.29 is 22.3 Å². The third-order valence-corrected chi connectivity index (χ3v) is 6.75. The highest BCUT2D eigenvalue weighted by atomic mass is 19.4. The van der Waals surface area contributed by atoms with E-state index in [1.165, 1.54) is 16.7 Å². The van der Waals surface area contributed by atoms with Gasteiger partial charge in [0.05, 0.1) is 11.4 Å². The first kappa shape index (κ1) is 30.2. The van der Waals surface area contributed by atoms with Crippen molar-refractivity contribution in [2.24, 2.45) is 11.5 Å². The predicted octanol–water partition coefficient (Wildman–Crippen LogP) is 5.09. The van der Waals surface area contributed by atoms with Crippen LogP contribution < -0.4 is 27.2 Å². The van der Waals surface area contributed by atoms with E-state index in [1.54, 1.807) is 18.3 Å². The van der Waals surface area contributed by atoms with Crippen molar-refractivity contribution in [3.05, 3.63) is 76.1 Å². The van der Waals surface area contributed by atoms with Crippen molar-refractivity contribution in [1.29, 1.82) is 0 Å². The minimum atomic E-state index is -5.07. The van der Waals surface area contributed by atoms with Gasteiger partial charge in [0, 0.05) is 29.2 Å². The number of H-pyrrole nitrogens is 1. The summed E-state index contributed by atoms with van der Waals surface area (Å²) in [6, 6.07) is 11.5. The van der Waals surface area contributed by atoms with Gasteiger partial charge < -0.3 is 26.5 Å². The fourth-order valence-electron chi connectivity index (χ4n) is 4.61. The number of alkyl halides is 3. The van der Waals surface area contributed by atoms with Crippen LogP contribution in [-0.2, 0) is 6.42 Å². The van der Waals surface area contributed by atoms with E-state index < -0.39 is 23.6 Å². The second-order valence-electron chi connectivity index (χ2n) is 10.2. The van der Waals surface area contributed by atoms with Gasteiger partial charge >= 0.3 is 12.1 Å². The van der Waals surface area contributed by atoms with Gasteiger partial charge in [-0.05, 0) is 94.1 Å². The van der Waals surface area contributed by atoms with Gasteiger partial charge in [0.1, 0.15) is 5.65 Å². The number of aromatic amines is 1. The number of hydrogen-bond donors (Lipinski definition) is 4. The van der Waals surface area contributed by atoms with Gasteiger partial charge in [-0.1, -0.05) is 12.1 Å². The van der Waals surface area contributed by atoms with Gasteiger partial charge in [-0.15, -0.1) is 13.2 Å². The Balaban J connectivity index is 1.67. The van der Waals surface area contributed by atoms with Crippen molar-refractivity contribution in [2.45, 2.75) is 58.0 Å². The molecule has 4 rings (SSSR count). The Morgan fingerprint density at radius 2 is 1.85 bits per heavy atom. The Morgan fingerprint density at radius 3 is 2.51 bits per heavy atom. The largest absolute Gasteiger partial charge is 0.573 e. The summed E-state index contributed by atoms with van der Waals surface area (Å²) < 4.78 is 59.8. The van der Waals surface area contributed by atoms with E-state index >= 15 is 4.39 Å². The maximum atomic E-state index is 15.3. The van der Waals surface area contributed by atoms with E-state index in [4.69, 9.17) is 11.5 Å². The monoisotopic (exact) mass is 574 g/mol. The highest BCUT2D eigenvalue weighted by Gasteiger charge is 2.33. The SMILES string of the molecule is C[C@H](N)CCCc1cc(OC(F)(F)F)c(F)c(-c2cc3cn(-c4ccc([C@@H](C)NCCCN)cc4)c(=O)nc3[nH]2)c1. The zero-order valence-corrected chi connectivity index (χ0v) is 22.9. The molecule has 6 N–H and O–H groups in total. The van der Waals surface area contributed by atoms with Crippen LogP contribution in [0.25, 0.3) is 28.0 Å². The topological polar surface area (TPSA) is 124 Å². The molecule has 12 heteroatoms. The summed E-state index contributed by atoms with van der Waals surface area (Å²) >= 11 is 0. The van der Waals surface area contributed by atoms with E-state index in [0.29, 0.717) is 42.4 Å². The molecule has 0 aliphatic heterocycles. The maximum Gasteiger partial charge on any atom is 0.573 e. The van der Waals surface area contributed by atoms with Gasteiger partial charge in [-0.25, -0.2) is 9.18 Å². The lowest BCUT2D eigenvalue weighted by Gasteiger charge is -2.14. The molecule has 2 aromatic carbocycles. The molecule has 8 nitrogen and oxygen atoms in total. The molecule has 4 aromatic rings. The number of hydrogen-bond acceptors (Lipinski definition) is 6. The van der Waals surface area contributed by atoms with Crippen LogP contribution in [0.1, 0.15) is 50.3 Å². The Labute approximate surface area is 234 Å². The standard InChI is InChI=1S/C29H34F4N6O2/c1-17(35)5-3-6-19-13-23(26(30)25(14-19)41-29(31,32)33)24-15-21-16-39(28(40)38-27(21)37-24)22-9-7-20(8-10-22)18(2)36-12-4-11-34/h7-10,13-18,36H,3-6,11-12,34-35H2,1-2H3,(H,37,38,40)/t17-,18+/m0/s1. The number of rotatable bonds is 12. The fourth-order valence-corrected chi connectivity index (χ4v) is 4.61. The lowest BCUT2D eigenvalue weighted by molar-refractivity contribution is -0.275. The summed E-state index contributed by atoms with van der Waals surface area (Å²) in [4.78, 5) is 19.8. The van der Waals surface area contributed by atoms with E-state index in [2.05, 4.69) is 20.0 Å². The number of nitrogens with two attached hydrogens (primary N) is 2. The Morgan fingerprint density at radius 1 is 1.12 bits per heavy atom. The Hall–Kier alpha value is -3.74. The zero-order chi connectivity index (χ0) is 29.7. The van der Waals surface area contributed by atoms with Crippen molar-refractivity contribution in [1.82, 2.24) is 19.9 Å². The van der Waals surface area contributed by atoms with Gasteiger partial charge in [-0.3, -0.25) is 4.57 Å². The minimum absolute atomic E-state index is 0.0776. The van der Waals surface area contributed by atoms with E-state index in [1.807, 2.05) is 26.0 Å². The van der Waals surface area contributed by atoms with Crippen LogP contribution in [0, 0.1) is 5.82 Å². The fraction of sp³-hybridized carbons (Fsp3) is 0.379. The number of fused-ring (bicyclic) bond motifs is 1. The van der Waals surface area contributed by atoms with Crippen LogP contribution in [0.15, 0.2) is 53.5 Å². The first-order chi connectivity index (χ1) is 19.4. The molecule has 220 valence electrons. The quantitative estimate of drug-likeness (QED) is 0.138. The molecule has 0 aliphatic rings. The van der Waals surface area contributed by atoms with Gasteiger partial charge in [0.2, 0.25) is 0 Å². The predicted molar refractivity (Wildman–Crippen MR) is 150 cm³/mol. The number of halogens is 4. The molecular weight excluding hydrogens is 540 g/mol. The van der Waals surface area contributed by atoms with Gasteiger partial charge in [-0.2, -0.15) is 4.98 Å². The van der Waals surface area contributed by atoms with Crippen LogP contribution in [0.4, 0.5) is 17.6 Å². The third-order valence-electron chi connectivity index (χ3n) is 6.75. The second-order valence-corrected chi connectivity index (χ2v) is 10.2. The molecule has 0 aliphatic carbocycles. The normalized spacial score (nSPS) is 13.5. The number of ether oxygens (including phenoxy) is 1. The summed E-state index contributed by atoms with van der Waals surface area (Å²) in [6.45, 7) is 5.26. The summed E-state index contributed by atoms with van der Waals surface area (Å²) in [5.41, 5.74) is 13.0. The highest BCUT2D eigenvalue weighted by molar-refractivity contribution is 5.83. The van der Waals surface area contributed by atoms with Crippen molar-refractivity contribution >= 4 is 11.0 Å². The number of aromatic nitrogens is 3. The molecule has 0 saturated heterocycles. The summed E-state index contributed by atoms with van der Waals surface area (Å²) in [5, 5.41) is 3.85. The van der Waals surface area contributed by atoms with E-state index in [0.717, 1.165) is 24.6 Å². The van der Waals surface area contributed by atoms with Crippen molar-refractivity contribution in [3.63, 3.8) is 0 Å². The molecule has 2 aromatic heterocycles. The summed E-state index contributed by atoms with van der Waals surface area (Å²) in [5.74, 6) is -2.10. The number of nitrogens with zero attached hydrogens (tertiary/aromatic N) is 2. The molecule has 2 atom stereocenters. The lowest BCUT2D eigenvalue weighted by Crippen LogP contribution is -2.22. The third kappa shape index (κ3) is 7.72. The number of aryl methyl sites for hydroxylation is 1. The minimum Gasteiger partial charge on any atom is -0.403 e. The second kappa shape index (κ2) is 12.8. The zero-order valence-electron chi connectivity index (χ0n) is 22.9. The van der Waals surface area contributed by atoms with Crippen molar-refractivity contribution in [2.75, 3.05) is 13.1 Å². The molecule has 41 heavy (non-hydrogen) atoms. The van der Waals surface area contributed by atoms with Crippen LogP contribution in [-0.4, -0.2) is 40.0 Å². The van der Waals surface area contributed by atoms with Crippen LogP contribution in [0.5, 0.6) is 5.75 Å². The molecule has 0 bridgehead atoms. The van der Waals surface area contributed by atoms with Crippen LogP contribution >= 0.6 is 0 Å². The first-order valence-corrected chi connectivity index (χ1v) is 13.5. The molecule has 0 amide bonds. The molecule has 0 spiro atoms. The average molecular weight is 575 g/mol. The Bertz CT molecular complexity index is 1530. The van der Waals surface area contributed by atoms with Crippen molar-refractivity contribution in [3.8, 4) is 22.7 Å². The summed E-state index contributed by atoms with van der Waals surface area (Å²) in [7, 11) is 0. The molecule has 0 radical (unpaired) electrons. The smallest absolute Gasteiger partial charge is 0.403 e. The Kier molecular flexibility index (Phi) is 9.46. The first-order valence-electron chi connectivity index (χ1n) is 13.5. The molecule has 0 saturated carbocycles. The number of nitrogens with one attached hydrogen (secondary N) is 2. The molecule has 0 unspecified atom stereocenters. The number of benzene rings is 2. The molecule has 0 fully saturated rings. The lowest BCUT2D eigenvalue weighted by atomic mass is 10.0. The summed E-state index contributed by atoms with van der Waals surface area (Å²) in [6.07, 6.45) is -1.02. The molecule has 2 heterocycles.